The van der Waals surface area contributed by atoms with Gasteiger partial charge in [0.15, 0.2) is 15.7 Å². The van der Waals surface area contributed by atoms with Gasteiger partial charge in [-0.1, -0.05) is 0 Å². The average molecular weight is 420 g/mol. The highest BCUT2D eigenvalue weighted by atomic mass is 32.2. The van der Waals surface area contributed by atoms with Gasteiger partial charge < -0.3 is 21.5 Å². The SMILES string of the molecule is CC(C)(O)CNC(=O)Nc1ccc(-c2nc(N)cc(C3(S(C)(=O)=O)CC3)n2)cc1. The smallest absolute Gasteiger partial charge is 0.319 e. The lowest BCUT2D eigenvalue weighted by Crippen LogP contribution is -2.40. The van der Waals surface area contributed by atoms with Gasteiger partial charge in [0.2, 0.25) is 0 Å². The molecule has 10 heteroatoms. The monoisotopic (exact) mass is 419 g/mol. The quantitative estimate of drug-likeness (QED) is 0.556. The molecule has 0 radical (unpaired) electrons. The van der Waals surface area contributed by atoms with Crippen LogP contribution >= 0.6 is 0 Å². The van der Waals surface area contributed by atoms with Gasteiger partial charge in [0.1, 0.15) is 10.6 Å². The number of carbonyl (C=O) groups is 1. The van der Waals surface area contributed by atoms with Gasteiger partial charge in [-0.2, -0.15) is 0 Å². The molecule has 0 bridgehead atoms. The Bertz CT molecular complexity index is 1030. The Morgan fingerprint density at radius 2 is 1.86 bits per heavy atom. The number of rotatable bonds is 6. The number of nitrogens with two attached hydrogens (primary N) is 1. The second kappa shape index (κ2) is 7.27. The second-order valence-corrected chi connectivity index (χ2v) is 10.3. The third kappa shape index (κ3) is 4.83. The van der Waals surface area contributed by atoms with E-state index in [1.165, 1.54) is 12.3 Å². The minimum absolute atomic E-state index is 0.110. The standard InChI is InChI=1S/C19H25N5O4S/c1-18(2,26)11-21-17(25)22-13-6-4-12(5-7-13)16-23-14(10-15(20)24-16)19(8-9-19)29(3,27)28/h4-7,10,26H,8-9,11H2,1-3H3,(H2,20,23,24)(H2,21,22,25). The molecule has 1 aromatic carbocycles. The Kier molecular flexibility index (Phi) is 5.26. The first-order valence-electron chi connectivity index (χ1n) is 9.12. The molecule has 2 amide bonds. The molecule has 0 saturated heterocycles. The largest absolute Gasteiger partial charge is 0.389 e. The number of sulfone groups is 1. The highest BCUT2D eigenvalue weighted by molar-refractivity contribution is 7.91. The zero-order valence-corrected chi connectivity index (χ0v) is 17.4. The summed E-state index contributed by atoms with van der Waals surface area (Å²) in [6, 6.07) is 7.85. The number of nitrogen functional groups attached to an aromatic ring is 1. The van der Waals surface area contributed by atoms with Crippen molar-refractivity contribution in [1.29, 1.82) is 0 Å². The van der Waals surface area contributed by atoms with Crippen molar-refractivity contribution < 1.29 is 18.3 Å². The number of nitrogens with zero attached hydrogens (tertiary/aromatic N) is 2. The normalized spacial score (nSPS) is 15.6. The Morgan fingerprint density at radius 1 is 1.24 bits per heavy atom. The van der Waals surface area contributed by atoms with Crippen molar-refractivity contribution in [1.82, 2.24) is 15.3 Å². The number of hydrogen-bond donors (Lipinski definition) is 4. The Balaban J connectivity index is 1.78. The number of hydrogen-bond acceptors (Lipinski definition) is 7. The van der Waals surface area contributed by atoms with E-state index in [2.05, 4.69) is 20.6 Å². The maximum Gasteiger partial charge on any atom is 0.319 e. The van der Waals surface area contributed by atoms with Crippen molar-refractivity contribution in [2.24, 2.45) is 0 Å². The van der Waals surface area contributed by atoms with Crippen molar-refractivity contribution in [3.05, 3.63) is 36.0 Å². The zero-order valence-electron chi connectivity index (χ0n) is 16.6. The molecule has 3 rings (SSSR count). The summed E-state index contributed by atoms with van der Waals surface area (Å²) in [4.78, 5) is 20.6. The molecule has 1 aromatic heterocycles. The van der Waals surface area contributed by atoms with E-state index in [-0.39, 0.29) is 12.4 Å². The highest BCUT2D eigenvalue weighted by Crippen LogP contribution is 2.52. The van der Waals surface area contributed by atoms with Gasteiger partial charge in [0.25, 0.3) is 0 Å². The van der Waals surface area contributed by atoms with Gasteiger partial charge in [0, 0.05) is 30.1 Å². The number of benzene rings is 1. The third-order valence-electron chi connectivity index (χ3n) is 4.71. The summed E-state index contributed by atoms with van der Waals surface area (Å²) in [7, 11) is -3.31. The molecule has 2 aromatic rings. The molecule has 1 fully saturated rings. The number of amides is 2. The van der Waals surface area contributed by atoms with Crippen molar-refractivity contribution >= 4 is 27.4 Å². The molecule has 156 valence electrons. The van der Waals surface area contributed by atoms with Crippen LogP contribution in [0.15, 0.2) is 30.3 Å². The topological polar surface area (TPSA) is 147 Å². The van der Waals surface area contributed by atoms with Crippen LogP contribution in [0.3, 0.4) is 0 Å². The first-order valence-corrected chi connectivity index (χ1v) is 11.0. The van der Waals surface area contributed by atoms with E-state index in [1.807, 2.05) is 0 Å². The molecule has 1 heterocycles. The van der Waals surface area contributed by atoms with Crippen LogP contribution in [-0.2, 0) is 14.6 Å². The minimum atomic E-state index is -3.31. The van der Waals surface area contributed by atoms with Crippen molar-refractivity contribution in [3.63, 3.8) is 0 Å². The lowest BCUT2D eigenvalue weighted by atomic mass is 10.1. The maximum atomic E-state index is 12.2. The van der Waals surface area contributed by atoms with E-state index < -0.39 is 26.2 Å². The summed E-state index contributed by atoms with van der Waals surface area (Å²) in [6.07, 6.45) is 2.25. The fraction of sp³-hybridized carbons (Fsp3) is 0.421. The lowest BCUT2D eigenvalue weighted by Gasteiger charge is -2.18. The number of aliphatic hydroxyl groups is 1. The first kappa shape index (κ1) is 21.0. The summed E-state index contributed by atoms with van der Waals surface area (Å²) in [5.74, 6) is 0.529. The van der Waals surface area contributed by atoms with Gasteiger partial charge in [0.05, 0.1) is 11.3 Å². The van der Waals surface area contributed by atoms with Gasteiger partial charge in [-0.05, 0) is 51.0 Å². The predicted octanol–water partition coefficient (Wildman–Crippen LogP) is 1.65. The first-order chi connectivity index (χ1) is 13.4. The molecular formula is C19H25N5O4S. The van der Waals surface area contributed by atoms with E-state index >= 15 is 0 Å². The van der Waals surface area contributed by atoms with Gasteiger partial charge in [-0.3, -0.25) is 0 Å². The number of carbonyl (C=O) groups excluding carboxylic acids is 1. The molecule has 0 unspecified atom stereocenters. The van der Waals surface area contributed by atoms with E-state index in [4.69, 9.17) is 5.73 Å². The zero-order chi connectivity index (χ0) is 21.4. The Morgan fingerprint density at radius 3 is 2.38 bits per heavy atom. The van der Waals surface area contributed by atoms with Gasteiger partial charge in [-0.15, -0.1) is 0 Å². The summed E-state index contributed by atoms with van der Waals surface area (Å²) < 4.78 is 23.4. The van der Waals surface area contributed by atoms with E-state index in [0.29, 0.717) is 35.6 Å². The molecule has 0 aliphatic heterocycles. The lowest BCUT2D eigenvalue weighted by molar-refractivity contribution is 0.0826. The summed E-state index contributed by atoms with van der Waals surface area (Å²) >= 11 is 0. The van der Waals surface area contributed by atoms with Crippen LogP contribution in [0.1, 0.15) is 32.4 Å². The van der Waals surface area contributed by atoms with Crippen LogP contribution in [0.2, 0.25) is 0 Å². The molecule has 9 nitrogen and oxygen atoms in total. The minimum Gasteiger partial charge on any atom is -0.389 e. The molecule has 0 atom stereocenters. The van der Waals surface area contributed by atoms with Crippen molar-refractivity contribution in [3.8, 4) is 11.4 Å². The molecule has 5 N–H and O–H groups in total. The summed E-state index contributed by atoms with van der Waals surface area (Å²) in [5, 5.41) is 14.9. The Hall–Kier alpha value is -2.72. The summed E-state index contributed by atoms with van der Waals surface area (Å²) in [5.41, 5.74) is 6.49. The van der Waals surface area contributed by atoms with Crippen LogP contribution in [-0.4, -0.2) is 47.9 Å². The fourth-order valence-corrected chi connectivity index (χ4v) is 4.26. The molecule has 0 spiro atoms. The maximum absolute atomic E-state index is 12.2. The number of nitrogens with one attached hydrogen (secondary N) is 2. The van der Waals surface area contributed by atoms with E-state index in [1.54, 1.807) is 38.1 Å². The Labute approximate surface area is 169 Å². The van der Waals surface area contributed by atoms with Crippen LogP contribution in [0.4, 0.5) is 16.3 Å². The van der Waals surface area contributed by atoms with Crippen molar-refractivity contribution in [2.45, 2.75) is 37.0 Å². The van der Waals surface area contributed by atoms with E-state index in [9.17, 15) is 18.3 Å². The van der Waals surface area contributed by atoms with E-state index in [0.717, 1.165) is 0 Å². The number of urea groups is 1. The van der Waals surface area contributed by atoms with Crippen LogP contribution < -0.4 is 16.4 Å². The summed E-state index contributed by atoms with van der Waals surface area (Å²) in [6.45, 7) is 3.30. The predicted molar refractivity (Wildman–Crippen MR) is 111 cm³/mol. The average Bonchev–Trinajstić information content (AvgIpc) is 3.41. The molecule has 1 aliphatic carbocycles. The molecule has 1 saturated carbocycles. The van der Waals surface area contributed by atoms with Crippen LogP contribution in [0.5, 0.6) is 0 Å². The fourth-order valence-electron chi connectivity index (χ4n) is 2.93. The third-order valence-corrected chi connectivity index (χ3v) is 6.75. The number of anilines is 2. The van der Waals surface area contributed by atoms with Gasteiger partial charge >= 0.3 is 6.03 Å². The highest BCUT2D eigenvalue weighted by Gasteiger charge is 2.55. The second-order valence-electron chi connectivity index (χ2n) is 7.97. The van der Waals surface area contributed by atoms with Gasteiger partial charge in [-0.25, -0.2) is 23.2 Å². The van der Waals surface area contributed by atoms with Crippen LogP contribution in [0.25, 0.3) is 11.4 Å². The van der Waals surface area contributed by atoms with Crippen LogP contribution in [0, 0.1) is 0 Å². The molecular weight excluding hydrogens is 394 g/mol. The molecule has 29 heavy (non-hydrogen) atoms. The number of aromatic nitrogens is 2. The van der Waals surface area contributed by atoms with Crippen molar-refractivity contribution in [2.75, 3.05) is 23.9 Å². The molecule has 1 aliphatic rings.